The zero-order valence-corrected chi connectivity index (χ0v) is 10.3. The van der Waals surface area contributed by atoms with Crippen LogP contribution in [0.3, 0.4) is 0 Å². The van der Waals surface area contributed by atoms with Crippen LogP contribution < -0.4 is 0 Å². The molecular weight excluding hydrogens is 216 g/mol. The summed E-state index contributed by atoms with van der Waals surface area (Å²) in [6, 6.07) is 5.40. The lowest BCUT2D eigenvalue weighted by Gasteiger charge is -2.06. The molecule has 90 valence electrons. The first-order valence-electron chi connectivity index (χ1n) is 5.44. The molecule has 1 rings (SSSR count). The molecule has 1 aromatic rings. The first kappa shape index (κ1) is 13.2. The lowest BCUT2D eigenvalue weighted by Crippen LogP contribution is -2.08. The highest BCUT2D eigenvalue weighted by atomic mass is 16.4. The van der Waals surface area contributed by atoms with Gasteiger partial charge in [0.05, 0.1) is 6.42 Å². The van der Waals surface area contributed by atoms with Crippen molar-refractivity contribution in [2.75, 3.05) is 0 Å². The minimum atomic E-state index is -0.990. The summed E-state index contributed by atoms with van der Waals surface area (Å²) in [6.45, 7) is 5.58. The van der Waals surface area contributed by atoms with Crippen LogP contribution in [0.25, 0.3) is 0 Å². The van der Waals surface area contributed by atoms with Gasteiger partial charge in [-0.15, -0.1) is 0 Å². The quantitative estimate of drug-likeness (QED) is 0.641. The van der Waals surface area contributed by atoms with E-state index in [9.17, 15) is 9.59 Å². The number of carbonyl (C=O) groups excluding carboxylic acids is 1. The first-order valence-corrected chi connectivity index (χ1v) is 5.44. The number of Topliss-reactive ketones (excluding diaryl/α,β-unsaturated/α-hetero) is 1. The van der Waals surface area contributed by atoms with E-state index < -0.39 is 5.97 Å². The number of rotatable bonds is 4. The second kappa shape index (κ2) is 5.43. The highest BCUT2D eigenvalue weighted by molar-refractivity contribution is 6.10. The summed E-state index contributed by atoms with van der Waals surface area (Å²) in [5.41, 5.74) is 3.01. The van der Waals surface area contributed by atoms with Gasteiger partial charge in [-0.1, -0.05) is 18.2 Å². The highest BCUT2D eigenvalue weighted by Crippen LogP contribution is 2.15. The van der Waals surface area contributed by atoms with Crippen LogP contribution in [-0.4, -0.2) is 16.9 Å². The van der Waals surface area contributed by atoms with E-state index in [2.05, 4.69) is 0 Å². The maximum atomic E-state index is 12.0. The van der Waals surface area contributed by atoms with E-state index in [1.807, 2.05) is 19.9 Å². The number of aryl methyl sites for hydroxylation is 2. The fraction of sp³-hybridized carbons (Fsp3) is 0.286. The molecule has 3 heteroatoms. The van der Waals surface area contributed by atoms with Crippen molar-refractivity contribution in [3.63, 3.8) is 0 Å². The van der Waals surface area contributed by atoms with Crippen molar-refractivity contribution >= 4 is 11.8 Å². The third-order valence-corrected chi connectivity index (χ3v) is 2.75. The maximum absolute atomic E-state index is 12.0. The Hall–Kier alpha value is -1.90. The standard InChI is InChI=1S/C14H16O3/c1-4-11(8-13(15)16)14(17)12-6-5-9(2)10(3)7-12/h4-7H,8H2,1-3H3,(H,15,16)/b11-4+. The Balaban J connectivity index is 3.03. The van der Waals surface area contributed by atoms with Gasteiger partial charge in [0.15, 0.2) is 5.78 Å². The summed E-state index contributed by atoms with van der Waals surface area (Å²) in [5, 5.41) is 8.72. The fourth-order valence-corrected chi connectivity index (χ4v) is 1.54. The van der Waals surface area contributed by atoms with Crippen LogP contribution in [0.5, 0.6) is 0 Å². The molecule has 0 fully saturated rings. The number of carboxylic acid groups (broad SMARTS) is 1. The van der Waals surface area contributed by atoms with Crippen molar-refractivity contribution in [3.8, 4) is 0 Å². The first-order chi connectivity index (χ1) is 7.95. The van der Waals surface area contributed by atoms with Crippen molar-refractivity contribution in [3.05, 3.63) is 46.5 Å². The molecule has 0 aliphatic heterocycles. The van der Waals surface area contributed by atoms with Gasteiger partial charge in [-0.2, -0.15) is 0 Å². The third-order valence-electron chi connectivity index (χ3n) is 2.75. The molecule has 0 bridgehead atoms. The van der Waals surface area contributed by atoms with Gasteiger partial charge in [0.1, 0.15) is 0 Å². The van der Waals surface area contributed by atoms with Crippen molar-refractivity contribution in [1.29, 1.82) is 0 Å². The molecule has 1 N–H and O–H groups in total. The topological polar surface area (TPSA) is 54.4 Å². The van der Waals surface area contributed by atoms with E-state index in [1.54, 1.807) is 25.1 Å². The molecule has 0 radical (unpaired) electrons. The molecule has 0 amide bonds. The van der Waals surface area contributed by atoms with Gasteiger partial charge in [0.25, 0.3) is 0 Å². The molecule has 0 saturated heterocycles. The number of benzene rings is 1. The van der Waals surface area contributed by atoms with E-state index >= 15 is 0 Å². The van der Waals surface area contributed by atoms with Crippen molar-refractivity contribution < 1.29 is 14.7 Å². The second-order valence-electron chi connectivity index (χ2n) is 4.01. The van der Waals surface area contributed by atoms with Crippen molar-refractivity contribution in [2.45, 2.75) is 27.2 Å². The van der Waals surface area contributed by atoms with Crippen LogP contribution in [-0.2, 0) is 4.79 Å². The summed E-state index contributed by atoms with van der Waals surface area (Å²) < 4.78 is 0. The molecule has 0 aromatic heterocycles. The Morgan fingerprint density at radius 3 is 2.35 bits per heavy atom. The van der Waals surface area contributed by atoms with Crippen LogP contribution in [0.1, 0.15) is 34.8 Å². The predicted octanol–water partition coefficient (Wildman–Crippen LogP) is 2.91. The largest absolute Gasteiger partial charge is 0.481 e. The van der Waals surface area contributed by atoms with E-state index in [0.717, 1.165) is 11.1 Å². The van der Waals surface area contributed by atoms with Crippen LogP contribution in [0.2, 0.25) is 0 Å². The Morgan fingerprint density at radius 1 is 1.24 bits per heavy atom. The van der Waals surface area contributed by atoms with Gasteiger partial charge in [-0.3, -0.25) is 9.59 Å². The number of aliphatic carboxylic acids is 1. The number of allylic oxidation sites excluding steroid dienone is 1. The van der Waals surface area contributed by atoms with Gasteiger partial charge < -0.3 is 5.11 Å². The second-order valence-corrected chi connectivity index (χ2v) is 4.01. The number of hydrogen-bond acceptors (Lipinski definition) is 2. The molecule has 0 aliphatic rings. The Labute approximate surface area is 101 Å². The molecule has 0 aliphatic carbocycles. The summed E-state index contributed by atoms with van der Waals surface area (Å²) in [4.78, 5) is 22.7. The molecule has 0 saturated carbocycles. The van der Waals surface area contributed by atoms with E-state index in [-0.39, 0.29) is 12.2 Å². The summed E-state index contributed by atoms with van der Waals surface area (Å²) in [7, 11) is 0. The molecule has 0 spiro atoms. The summed E-state index contributed by atoms with van der Waals surface area (Å²) >= 11 is 0. The third kappa shape index (κ3) is 3.28. The Kier molecular flexibility index (Phi) is 4.21. The molecule has 0 atom stereocenters. The lowest BCUT2D eigenvalue weighted by atomic mass is 9.97. The van der Waals surface area contributed by atoms with Crippen LogP contribution in [0.15, 0.2) is 29.8 Å². The lowest BCUT2D eigenvalue weighted by molar-refractivity contribution is -0.136. The normalized spacial score (nSPS) is 11.4. The SMILES string of the molecule is C/C=C(\CC(=O)O)C(=O)c1ccc(C)c(C)c1. The van der Waals surface area contributed by atoms with Crippen LogP contribution in [0.4, 0.5) is 0 Å². The Bertz CT molecular complexity index is 484. The molecule has 17 heavy (non-hydrogen) atoms. The van der Waals surface area contributed by atoms with Crippen molar-refractivity contribution in [1.82, 2.24) is 0 Å². The van der Waals surface area contributed by atoms with Crippen LogP contribution >= 0.6 is 0 Å². The Morgan fingerprint density at radius 2 is 1.88 bits per heavy atom. The molecule has 1 aromatic carbocycles. The van der Waals surface area contributed by atoms with E-state index in [0.29, 0.717) is 11.1 Å². The average molecular weight is 232 g/mol. The van der Waals surface area contributed by atoms with Crippen LogP contribution in [0, 0.1) is 13.8 Å². The summed E-state index contributed by atoms with van der Waals surface area (Å²) in [5.74, 6) is -1.20. The number of carbonyl (C=O) groups is 2. The number of hydrogen-bond donors (Lipinski definition) is 1. The maximum Gasteiger partial charge on any atom is 0.307 e. The molecule has 0 heterocycles. The average Bonchev–Trinajstić information content (AvgIpc) is 2.28. The molecule has 0 unspecified atom stereocenters. The minimum absolute atomic E-state index is 0.210. The van der Waals surface area contributed by atoms with Gasteiger partial charge >= 0.3 is 5.97 Å². The van der Waals surface area contributed by atoms with Gasteiger partial charge in [0.2, 0.25) is 0 Å². The fourth-order valence-electron chi connectivity index (χ4n) is 1.54. The monoisotopic (exact) mass is 232 g/mol. The van der Waals surface area contributed by atoms with Gasteiger partial charge in [-0.05, 0) is 38.0 Å². The van der Waals surface area contributed by atoms with Gasteiger partial charge in [-0.25, -0.2) is 0 Å². The van der Waals surface area contributed by atoms with Crippen molar-refractivity contribution in [2.24, 2.45) is 0 Å². The zero-order chi connectivity index (χ0) is 13.0. The van der Waals surface area contributed by atoms with Gasteiger partial charge in [0, 0.05) is 11.1 Å². The van der Waals surface area contributed by atoms with E-state index in [4.69, 9.17) is 5.11 Å². The number of carboxylic acids is 1. The highest BCUT2D eigenvalue weighted by Gasteiger charge is 2.14. The molecular formula is C14H16O3. The molecule has 3 nitrogen and oxygen atoms in total. The minimum Gasteiger partial charge on any atom is -0.481 e. The zero-order valence-electron chi connectivity index (χ0n) is 10.3. The number of ketones is 1. The predicted molar refractivity (Wildman–Crippen MR) is 66.3 cm³/mol. The summed E-state index contributed by atoms with van der Waals surface area (Å²) in [6.07, 6.45) is 1.33. The van der Waals surface area contributed by atoms with E-state index in [1.165, 1.54) is 0 Å². The smallest absolute Gasteiger partial charge is 0.307 e.